The van der Waals surface area contributed by atoms with Crippen LogP contribution in [0.2, 0.25) is 0 Å². The Morgan fingerprint density at radius 3 is 2.74 bits per heavy atom. The number of ketones is 1. The van der Waals surface area contributed by atoms with Crippen LogP contribution in [0.4, 0.5) is 0 Å². The smallest absolute Gasteiger partial charge is 0.136 e. The number of hydrogen-bond acceptors (Lipinski definition) is 2. The summed E-state index contributed by atoms with van der Waals surface area (Å²) < 4.78 is 0. The van der Waals surface area contributed by atoms with E-state index in [1.807, 2.05) is 0 Å². The van der Waals surface area contributed by atoms with Crippen molar-refractivity contribution < 1.29 is 9.90 Å². The zero-order chi connectivity index (χ0) is 13.8. The van der Waals surface area contributed by atoms with Gasteiger partial charge in [0.05, 0.1) is 6.10 Å². The third kappa shape index (κ3) is 1.99. The number of fused-ring (bicyclic) bond motifs is 3. The van der Waals surface area contributed by atoms with Crippen LogP contribution in [0, 0.1) is 22.7 Å². The van der Waals surface area contributed by atoms with Gasteiger partial charge in [-0.15, -0.1) is 0 Å². The molecule has 1 N–H and O–H groups in total. The largest absolute Gasteiger partial charge is 0.393 e. The Morgan fingerprint density at radius 2 is 2.00 bits per heavy atom. The van der Waals surface area contributed by atoms with Crippen LogP contribution in [-0.2, 0) is 4.79 Å². The fourth-order valence-corrected chi connectivity index (χ4v) is 5.50. The maximum absolute atomic E-state index is 11.7. The molecule has 0 aromatic carbocycles. The Kier molecular flexibility index (Phi) is 2.94. The minimum atomic E-state index is -0.173. The first-order chi connectivity index (χ1) is 8.83. The molecule has 0 aromatic rings. The van der Waals surface area contributed by atoms with Crippen LogP contribution in [-0.4, -0.2) is 17.0 Å². The molecule has 0 heterocycles. The number of carbonyl (C=O) groups excluding carboxylic acids is 1. The van der Waals surface area contributed by atoms with Gasteiger partial charge in [-0.1, -0.05) is 32.4 Å². The molecular weight excluding hydrogens is 236 g/mol. The molecule has 3 rings (SSSR count). The van der Waals surface area contributed by atoms with Crippen LogP contribution in [0.5, 0.6) is 0 Å². The zero-order valence-corrected chi connectivity index (χ0v) is 12.4. The van der Waals surface area contributed by atoms with Gasteiger partial charge in [0.15, 0.2) is 0 Å². The molecule has 0 amide bonds. The lowest BCUT2D eigenvalue weighted by atomic mass is 9.46. The van der Waals surface area contributed by atoms with Crippen LogP contribution in [0.3, 0.4) is 0 Å². The summed E-state index contributed by atoms with van der Waals surface area (Å²) in [5.74, 6) is 1.57. The summed E-state index contributed by atoms with van der Waals surface area (Å²) in [6.45, 7) is 6.99. The maximum atomic E-state index is 11.7. The normalized spacial score (nSPS) is 45.2. The third-order valence-electron chi connectivity index (χ3n) is 6.15. The van der Waals surface area contributed by atoms with Gasteiger partial charge < -0.3 is 5.11 Å². The average Bonchev–Trinajstić information content (AvgIpc) is 2.25. The first-order valence-corrected chi connectivity index (χ1v) is 7.71. The molecule has 2 saturated carbocycles. The van der Waals surface area contributed by atoms with Crippen LogP contribution in [0.15, 0.2) is 11.6 Å². The van der Waals surface area contributed by atoms with E-state index in [4.69, 9.17) is 0 Å². The zero-order valence-electron chi connectivity index (χ0n) is 12.4. The molecular formula is C17H26O2. The Balaban J connectivity index is 1.99. The van der Waals surface area contributed by atoms with Gasteiger partial charge in [0.25, 0.3) is 0 Å². The van der Waals surface area contributed by atoms with Crippen molar-refractivity contribution >= 4 is 5.78 Å². The average molecular weight is 262 g/mol. The van der Waals surface area contributed by atoms with E-state index in [0.29, 0.717) is 24.0 Å². The van der Waals surface area contributed by atoms with E-state index < -0.39 is 0 Å². The fourth-order valence-electron chi connectivity index (χ4n) is 5.50. The Morgan fingerprint density at radius 1 is 1.26 bits per heavy atom. The van der Waals surface area contributed by atoms with Crippen molar-refractivity contribution in [3.63, 3.8) is 0 Å². The Bertz CT molecular complexity index is 435. The molecule has 0 unspecified atom stereocenters. The number of rotatable bonds is 0. The van der Waals surface area contributed by atoms with Gasteiger partial charge in [-0.3, -0.25) is 4.79 Å². The minimum Gasteiger partial charge on any atom is -0.393 e. The van der Waals surface area contributed by atoms with Crippen LogP contribution < -0.4 is 0 Å². The van der Waals surface area contributed by atoms with E-state index in [2.05, 4.69) is 26.8 Å². The van der Waals surface area contributed by atoms with Gasteiger partial charge in [0.2, 0.25) is 0 Å². The highest BCUT2D eigenvalue weighted by Crippen LogP contribution is 2.61. The predicted octanol–water partition coefficient (Wildman–Crippen LogP) is 3.49. The second kappa shape index (κ2) is 4.18. The summed E-state index contributed by atoms with van der Waals surface area (Å²) in [7, 11) is 0. The highest BCUT2D eigenvalue weighted by Gasteiger charge is 2.55. The molecule has 106 valence electrons. The van der Waals surface area contributed by atoms with E-state index in [1.54, 1.807) is 0 Å². The van der Waals surface area contributed by atoms with Crippen LogP contribution in [0.25, 0.3) is 0 Å². The molecule has 0 saturated heterocycles. The summed E-state index contributed by atoms with van der Waals surface area (Å²) in [6, 6.07) is 0. The molecule has 0 aliphatic heterocycles. The third-order valence-corrected chi connectivity index (χ3v) is 6.15. The van der Waals surface area contributed by atoms with E-state index >= 15 is 0 Å². The van der Waals surface area contributed by atoms with E-state index in [-0.39, 0.29) is 16.9 Å². The number of aliphatic hydroxyl groups is 1. The number of carbonyl (C=O) groups is 1. The van der Waals surface area contributed by atoms with Crippen molar-refractivity contribution in [2.45, 2.75) is 65.4 Å². The lowest BCUT2D eigenvalue weighted by molar-refractivity contribution is -0.124. The number of hydrogen-bond donors (Lipinski definition) is 1. The lowest BCUT2D eigenvalue weighted by Crippen LogP contribution is -2.53. The van der Waals surface area contributed by atoms with E-state index in [1.165, 1.54) is 5.57 Å². The summed E-state index contributed by atoms with van der Waals surface area (Å²) in [5.41, 5.74) is 1.77. The van der Waals surface area contributed by atoms with Gasteiger partial charge in [0.1, 0.15) is 5.78 Å². The highest BCUT2D eigenvalue weighted by molar-refractivity contribution is 5.82. The summed E-state index contributed by atoms with van der Waals surface area (Å²) >= 11 is 0. The maximum Gasteiger partial charge on any atom is 0.136 e. The molecule has 4 atom stereocenters. The van der Waals surface area contributed by atoms with Crippen LogP contribution >= 0.6 is 0 Å². The SMILES string of the molecule is CC1(C)C[C@H](O)C[C@@]2(C)[C@H]3CCC(=O)CC3=CC[C@@H]12. The molecule has 0 radical (unpaired) electrons. The molecule has 19 heavy (non-hydrogen) atoms. The molecule has 0 aromatic heterocycles. The number of Topliss-reactive ketones (excluding diaryl/α,β-unsaturated/α-hetero) is 1. The van der Waals surface area contributed by atoms with Crippen LogP contribution in [0.1, 0.15) is 59.3 Å². The summed E-state index contributed by atoms with van der Waals surface area (Å²) in [5, 5.41) is 10.3. The van der Waals surface area contributed by atoms with Gasteiger partial charge in [-0.05, 0) is 48.3 Å². The van der Waals surface area contributed by atoms with Gasteiger partial charge in [0, 0.05) is 12.8 Å². The monoisotopic (exact) mass is 262 g/mol. The van der Waals surface area contributed by atoms with Crippen molar-refractivity contribution in [1.29, 1.82) is 0 Å². The summed E-state index contributed by atoms with van der Waals surface area (Å²) in [4.78, 5) is 11.7. The highest BCUT2D eigenvalue weighted by atomic mass is 16.3. The van der Waals surface area contributed by atoms with Crippen molar-refractivity contribution in [2.24, 2.45) is 22.7 Å². The molecule has 3 aliphatic carbocycles. The van der Waals surface area contributed by atoms with Crippen molar-refractivity contribution in [2.75, 3.05) is 0 Å². The van der Waals surface area contributed by atoms with E-state index in [0.717, 1.165) is 32.1 Å². The fraction of sp³-hybridized carbons (Fsp3) is 0.824. The predicted molar refractivity (Wildman–Crippen MR) is 75.7 cm³/mol. The Labute approximate surface area is 116 Å². The van der Waals surface area contributed by atoms with Gasteiger partial charge >= 0.3 is 0 Å². The molecule has 0 spiro atoms. The summed E-state index contributed by atoms with van der Waals surface area (Å²) in [6.07, 6.45) is 7.51. The minimum absolute atomic E-state index is 0.173. The topological polar surface area (TPSA) is 37.3 Å². The molecule has 2 nitrogen and oxygen atoms in total. The van der Waals surface area contributed by atoms with Crippen molar-refractivity contribution in [3.05, 3.63) is 11.6 Å². The van der Waals surface area contributed by atoms with Gasteiger partial charge in [-0.25, -0.2) is 0 Å². The van der Waals surface area contributed by atoms with Crippen molar-refractivity contribution in [1.82, 2.24) is 0 Å². The lowest BCUT2D eigenvalue weighted by Gasteiger charge is -2.59. The molecule has 2 heteroatoms. The Hall–Kier alpha value is -0.630. The van der Waals surface area contributed by atoms with E-state index in [9.17, 15) is 9.90 Å². The second-order valence-electron chi connectivity index (χ2n) is 7.93. The van der Waals surface area contributed by atoms with Gasteiger partial charge in [-0.2, -0.15) is 0 Å². The van der Waals surface area contributed by atoms with Crippen molar-refractivity contribution in [3.8, 4) is 0 Å². The molecule has 2 fully saturated rings. The standard InChI is InChI=1S/C17H26O2/c1-16(2)9-13(19)10-17(3)14-6-5-12(18)8-11(14)4-7-15(16)17/h4,13-15,19H,5-10H2,1-3H3/t13-,14-,15-,17-/m0/s1. The first-order valence-electron chi connectivity index (χ1n) is 7.71. The number of allylic oxidation sites excluding steroid dienone is 2. The molecule has 0 bridgehead atoms. The second-order valence-corrected chi connectivity index (χ2v) is 7.93. The molecule has 3 aliphatic rings. The first kappa shape index (κ1) is 13.4. The quantitative estimate of drug-likeness (QED) is 0.679. The number of aliphatic hydroxyl groups excluding tert-OH is 1.